The van der Waals surface area contributed by atoms with Crippen molar-refractivity contribution in [2.45, 2.75) is 38.4 Å². The number of carbonyl (C=O) groups excluding carboxylic acids is 1. The van der Waals surface area contributed by atoms with E-state index in [1.54, 1.807) is 25.1 Å². The molecule has 1 fully saturated rings. The van der Waals surface area contributed by atoms with Crippen LogP contribution in [-0.2, 0) is 9.53 Å². The summed E-state index contributed by atoms with van der Waals surface area (Å²) in [6, 6.07) is 5.12. The molecule has 1 heterocycles. The van der Waals surface area contributed by atoms with Crippen LogP contribution >= 0.6 is 35.6 Å². The molecule has 0 bridgehead atoms. The Hall–Kier alpha value is -0.720. The Morgan fingerprint density at radius 1 is 1.36 bits per heavy atom. The van der Waals surface area contributed by atoms with Crippen molar-refractivity contribution < 1.29 is 14.3 Å². The molecule has 2 rings (SSSR count). The Labute approximate surface area is 165 Å². The lowest BCUT2D eigenvalue weighted by molar-refractivity contribution is -0.140. The largest absolute Gasteiger partial charge is 0.479 e. The molecule has 1 unspecified atom stereocenters. The van der Waals surface area contributed by atoms with E-state index in [4.69, 9.17) is 38.4 Å². The van der Waals surface area contributed by atoms with Gasteiger partial charge in [0.15, 0.2) is 6.10 Å². The van der Waals surface area contributed by atoms with Crippen molar-refractivity contribution in [2.75, 3.05) is 26.2 Å². The second kappa shape index (κ2) is 11.1. The molecule has 0 radical (unpaired) electrons. The number of piperidine rings is 1. The van der Waals surface area contributed by atoms with Gasteiger partial charge in [-0.25, -0.2) is 0 Å². The fourth-order valence-corrected chi connectivity index (χ4v) is 2.99. The summed E-state index contributed by atoms with van der Waals surface area (Å²) in [5.41, 5.74) is 5.46. The fourth-order valence-electron chi connectivity index (χ4n) is 2.65. The smallest absolute Gasteiger partial charge is 0.263 e. The number of amides is 1. The molecule has 1 amide bonds. The monoisotopic (exact) mass is 410 g/mol. The molecule has 142 valence electrons. The number of nitrogens with zero attached hydrogens (tertiary/aromatic N) is 1. The lowest BCUT2D eigenvalue weighted by Crippen LogP contribution is -2.46. The number of rotatable bonds is 7. The van der Waals surface area contributed by atoms with Crippen molar-refractivity contribution in [2.24, 2.45) is 5.73 Å². The zero-order chi connectivity index (χ0) is 17.5. The first-order chi connectivity index (χ1) is 11.5. The number of carbonyl (C=O) groups is 1. The third kappa shape index (κ3) is 6.50. The van der Waals surface area contributed by atoms with Crippen molar-refractivity contribution in [3.63, 3.8) is 0 Å². The fraction of sp³-hybridized carbons (Fsp3) is 0.588. The van der Waals surface area contributed by atoms with Crippen LogP contribution in [0.1, 0.15) is 26.2 Å². The van der Waals surface area contributed by atoms with E-state index in [1.165, 1.54) is 0 Å². The van der Waals surface area contributed by atoms with Crippen LogP contribution in [0.25, 0.3) is 0 Å². The highest BCUT2D eigenvalue weighted by Crippen LogP contribution is 2.32. The number of hydrogen-bond donors (Lipinski definition) is 1. The molecule has 0 spiro atoms. The van der Waals surface area contributed by atoms with Crippen molar-refractivity contribution in [3.8, 4) is 5.75 Å². The second-order valence-electron chi connectivity index (χ2n) is 5.85. The molecule has 1 aliphatic heterocycles. The summed E-state index contributed by atoms with van der Waals surface area (Å²) in [6.07, 6.45) is 2.13. The van der Waals surface area contributed by atoms with Gasteiger partial charge in [0.2, 0.25) is 0 Å². The van der Waals surface area contributed by atoms with Gasteiger partial charge in [-0.15, -0.1) is 12.4 Å². The summed E-state index contributed by atoms with van der Waals surface area (Å²) in [6.45, 7) is 4.38. The van der Waals surface area contributed by atoms with E-state index in [0.717, 1.165) is 19.3 Å². The molecular weight excluding hydrogens is 387 g/mol. The summed E-state index contributed by atoms with van der Waals surface area (Å²) >= 11 is 12.1. The molecule has 1 saturated heterocycles. The number of likely N-dealkylation sites (tertiary alicyclic amines) is 1. The van der Waals surface area contributed by atoms with Gasteiger partial charge >= 0.3 is 0 Å². The van der Waals surface area contributed by atoms with Gasteiger partial charge in [0.05, 0.1) is 11.1 Å². The topological polar surface area (TPSA) is 64.8 Å². The van der Waals surface area contributed by atoms with Crippen LogP contribution in [-0.4, -0.2) is 49.3 Å². The van der Waals surface area contributed by atoms with Crippen LogP contribution in [0.5, 0.6) is 5.75 Å². The van der Waals surface area contributed by atoms with Crippen LogP contribution < -0.4 is 10.5 Å². The van der Waals surface area contributed by atoms with Gasteiger partial charge in [0.1, 0.15) is 10.8 Å². The second-order valence-corrected chi connectivity index (χ2v) is 6.63. The van der Waals surface area contributed by atoms with Gasteiger partial charge in [-0.2, -0.15) is 0 Å². The molecule has 0 aromatic heterocycles. The Kier molecular flexibility index (Phi) is 9.90. The van der Waals surface area contributed by atoms with E-state index in [2.05, 4.69) is 0 Å². The number of halogens is 3. The normalized spacial score (nSPS) is 16.2. The third-order valence-corrected chi connectivity index (χ3v) is 4.82. The van der Waals surface area contributed by atoms with Crippen molar-refractivity contribution in [1.29, 1.82) is 0 Å². The van der Waals surface area contributed by atoms with Gasteiger partial charge < -0.3 is 20.1 Å². The highest BCUT2D eigenvalue weighted by Gasteiger charge is 2.27. The lowest BCUT2D eigenvalue weighted by Gasteiger charge is -2.33. The predicted molar refractivity (Wildman–Crippen MR) is 103 cm³/mol. The molecule has 1 aromatic rings. The molecule has 5 nitrogen and oxygen atoms in total. The number of nitrogens with two attached hydrogens (primary N) is 1. The summed E-state index contributed by atoms with van der Waals surface area (Å²) in [5.74, 6) is 0.372. The van der Waals surface area contributed by atoms with Crippen LogP contribution in [0.3, 0.4) is 0 Å². The Bertz CT molecular complexity index is 552. The van der Waals surface area contributed by atoms with E-state index in [9.17, 15) is 4.79 Å². The van der Waals surface area contributed by atoms with E-state index < -0.39 is 6.10 Å². The van der Waals surface area contributed by atoms with Crippen LogP contribution in [0.15, 0.2) is 18.2 Å². The molecule has 0 saturated carbocycles. The number of benzene rings is 1. The van der Waals surface area contributed by atoms with Crippen LogP contribution in [0.2, 0.25) is 10.0 Å². The molecule has 1 aliphatic rings. The van der Waals surface area contributed by atoms with Gasteiger partial charge in [-0.1, -0.05) is 29.3 Å². The molecule has 1 atom stereocenters. The average molecular weight is 412 g/mol. The number of ether oxygens (including phenoxy) is 2. The minimum absolute atomic E-state index is 0. The van der Waals surface area contributed by atoms with E-state index in [-0.39, 0.29) is 24.4 Å². The first-order valence-corrected chi connectivity index (χ1v) is 8.99. The SMILES string of the molecule is CC(Oc1cccc(Cl)c1Cl)C(=O)N1CCC(OCCCN)CC1.Cl. The molecule has 0 aliphatic carbocycles. The molecule has 1 aromatic carbocycles. The lowest BCUT2D eigenvalue weighted by atomic mass is 10.1. The van der Waals surface area contributed by atoms with Crippen molar-refractivity contribution in [1.82, 2.24) is 4.90 Å². The highest BCUT2D eigenvalue weighted by atomic mass is 35.5. The minimum atomic E-state index is -0.615. The maximum atomic E-state index is 12.5. The van der Waals surface area contributed by atoms with E-state index >= 15 is 0 Å². The van der Waals surface area contributed by atoms with Crippen LogP contribution in [0, 0.1) is 0 Å². The van der Waals surface area contributed by atoms with E-state index in [1.807, 2.05) is 4.90 Å². The first-order valence-electron chi connectivity index (χ1n) is 8.24. The number of hydrogen-bond acceptors (Lipinski definition) is 4. The Morgan fingerprint density at radius 2 is 2.04 bits per heavy atom. The Morgan fingerprint density at radius 3 is 2.68 bits per heavy atom. The molecule has 8 heteroatoms. The van der Waals surface area contributed by atoms with Crippen LogP contribution in [0.4, 0.5) is 0 Å². The standard InChI is InChI=1S/C17H24Cl2N2O3.ClH/c1-12(24-15-5-2-4-14(18)16(15)19)17(22)21-9-6-13(7-10-21)23-11-3-8-20;/h2,4-5,12-13H,3,6-11,20H2,1H3;1H. The zero-order valence-electron chi connectivity index (χ0n) is 14.2. The summed E-state index contributed by atoms with van der Waals surface area (Å²) in [5, 5.41) is 0.732. The third-order valence-electron chi connectivity index (χ3n) is 4.02. The highest BCUT2D eigenvalue weighted by molar-refractivity contribution is 6.42. The summed E-state index contributed by atoms with van der Waals surface area (Å²) < 4.78 is 11.4. The first kappa shape index (κ1) is 22.3. The predicted octanol–water partition coefficient (Wildman–Crippen LogP) is 3.54. The van der Waals surface area contributed by atoms with Crippen molar-refractivity contribution in [3.05, 3.63) is 28.2 Å². The van der Waals surface area contributed by atoms with Gasteiger partial charge in [-0.05, 0) is 44.9 Å². The summed E-state index contributed by atoms with van der Waals surface area (Å²) in [7, 11) is 0. The van der Waals surface area contributed by atoms with Crippen molar-refractivity contribution >= 4 is 41.5 Å². The van der Waals surface area contributed by atoms with Gasteiger partial charge in [0, 0.05) is 19.7 Å². The Balaban J connectivity index is 0.00000312. The summed E-state index contributed by atoms with van der Waals surface area (Å²) in [4.78, 5) is 14.3. The average Bonchev–Trinajstić information content (AvgIpc) is 2.59. The maximum absolute atomic E-state index is 12.5. The molecule has 2 N–H and O–H groups in total. The quantitative estimate of drug-likeness (QED) is 0.697. The molecular formula is C17H25Cl3N2O3. The maximum Gasteiger partial charge on any atom is 0.263 e. The van der Waals surface area contributed by atoms with Gasteiger partial charge in [0.25, 0.3) is 5.91 Å². The van der Waals surface area contributed by atoms with Gasteiger partial charge in [-0.3, -0.25) is 4.79 Å². The van der Waals surface area contributed by atoms with E-state index in [0.29, 0.717) is 42.0 Å². The molecule has 25 heavy (non-hydrogen) atoms. The zero-order valence-corrected chi connectivity index (χ0v) is 16.6. The minimum Gasteiger partial charge on any atom is -0.479 e.